The molecule has 5 nitrogen and oxygen atoms in total. The van der Waals surface area contributed by atoms with Crippen LogP contribution in [0.15, 0.2) is 54.6 Å². The summed E-state index contributed by atoms with van der Waals surface area (Å²) in [4.78, 5) is 25.9. The van der Waals surface area contributed by atoms with Gasteiger partial charge in [-0.2, -0.15) is 0 Å². The number of rotatable bonds is 5. The van der Waals surface area contributed by atoms with Gasteiger partial charge in [0.05, 0.1) is 0 Å². The van der Waals surface area contributed by atoms with Gasteiger partial charge < -0.3 is 15.0 Å². The van der Waals surface area contributed by atoms with Crippen LogP contribution in [0.25, 0.3) is 0 Å². The first-order chi connectivity index (χ1) is 13.1. The molecule has 0 bridgehead atoms. The number of benzene rings is 2. The monoisotopic (exact) mass is 370 g/mol. The maximum absolute atomic E-state index is 12.9. The number of nitrogens with one attached hydrogen (secondary N) is 1. The molecule has 0 aliphatic carbocycles. The van der Waals surface area contributed by atoms with Gasteiger partial charge in [0, 0.05) is 25.2 Å². The van der Waals surface area contributed by atoms with E-state index in [-0.39, 0.29) is 24.4 Å². The second-order valence-electron chi connectivity index (χ2n) is 6.69. The van der Waals surface area contributed by atoms with Gasteiger partial charge in [-0.05, 0) is 48.6 Å². The molecule has 1 saturated heterocycles. The van der Waals surface area contributed by atoms with Crippen LogP contribution in [0.1, 0.15) is 28.8 Å². The number of carbonyl (C=O) groups is 2. The van der Waals surface area contributed by atoms with Gasteiger partial charge in [0.2, 0.25) is 0 Å². The first-order valence-electron chi connectivity index (χ1n) is 9.11. The Labute approximate surface area is 158 Å². The van der Waals surface area contributed by atoms with Crippen LogP contribution in [0.3, 0.4) is 0 Å². The molecule has 2 aromatic carbocycles. The third-order valence-electron chi connectivity index (χ3n) is 4.74. The average Bonchev–Trinajstić information content (AvgIpc) is 2.72. The van der Waals surface area contributed by atoms with E-state index < -0.39 is 0 Å². The summed E-state index contributed by atoms with van der Waals surface area (Å²) in [7, 11) is 0. The molecule has 0 atom stereocenters. The lowest BCUT2D eigenvalue weighted by molar-refractivity contribution is 0.0800. The first-order valence-corrected chi connectivity index (χ1v) is 9.11. The largest absolute Gasteiger partial charge is 0.445 e. The molecule has 1 aliphatic rings. The number of hydrogen-bond acceptors (Lipinski definition) is 3. The highest BCUT2D eigenvalue weighted by Crippen LogP contribution is 2.18. The van der Waals surface area contributed by atoms with Gasteiger partial charge in [0.15, 0.2) is 0 Å². The number of amides is 2. The van der Waals surface area contributed by atoms with E-state index in [1.54, 1.807) is 4.90 Å². The molecule has 1 aliphatic heterocycles. The highest BCUT2D eigenvalue weighted by molar-refractivity contribution is 5.94. The predicted octanol–water partition coefficient (Wildman–Crippen LogP) is 3.60. The van der Waals surface area contributed by atoms with E-state index in [9.17, 15) is 14.0 Å². The lowest BCUT2D eigenvalue weighted by Gasteiger charge is -2.31. The van der Waals surface area contributed by atoms with Gasteiger partial charge in [-0.1, -0.05) is 30.3 Å². The van der Waals surface area contributed by atoms with E-state index in [0.29, 0.717) is 31.1 Å². The number of halogens is 1. The fraction of sp³-hybridized carbons (Fsp3) is 0.333. The van der Waals surface area contributed by atoms with Crippen molar-refractivity contribution in [2.45, 2.75) is 19.4 Å². The zero-order valence-corrected chi connectivity index (χ0v) is 15.1. The molecule has 2 amide bonds. The van der Waals surface area contributed by atoms with E-state index in [2.05, 4.69) is 5.32 Å². The summed E-state index contributed by atoms with van der Waals surface area (Å²) in [6.45, 7) is 2.05. The van der Waals surface area contributed by atoms with Crippen molar-refractivity contribution in [1.82, 2.24) is 10.2 Å². The number of hydrogen-bond donors (Lipinski definition) is 1. The molecule has 3 rings (SSSR count). The van der Waals surface area contributed by atoms with E-state index in [1.165, 1.54) is 24.3 Å². The van der Waals surface area contributed by atoms with Crippen molar-refractivity contribution in [3.05, 3.63) is 71.5 Å². The van der Waals surface area contributed by atoms with Crippen LogP contribution in [0, 0.1) is 11.7 Å². The highest BCUT2D eigenvalue weighted by atomic mass is 19.1. The maximum atomic E-state index is 12.9. The molecule has 6 heteroatoms. The van der Waals surface area contributed by atoms with Gasteiger partial charge in [-0.15, -0.1) is 0 Å². The second kappa shape index (κ2) is 9.16. The Morgan fingerprint density at radius 1 is 1.04 bits per heavy atom. The Morgan fingerprint density at radius 2 is 1.70 bits per heavy atom. The van der Waals surface area contributed by atoms with Crippen LogP contribution in [0.2, 0.25) is 0 Å². The van der Waals surface area contributed by atoms with Crippen molar-refractivity contribution in [3.63, 3.8) is 0 Å². The fourth-order valence-electron chi connectivity index (χ4n) is 3.07. The standard InChI is InChI=1S/C21H23FN2O3/c22-19-8-6-18(7-9-19)20(25)23-14-16-10-12-24(13-11-16)21(26)27-15-17-4-2-1-3-5-17/h1-9,16H,10-15H2,(H,23,25). The summed E-state index contributed by atoms with van der Waals surface area (Å²) in [5.74, 6) is -0.259. The van der Waals surface area contributed by atoms with Crippen LogP contribution < -0.4 is 5.32 Å². The predicted molar refractivity (Wildman–Crippen MR) is 99.7 cm³/mol. The average molecular weight is 370 g/mol. The maximum Gasteiger partial charge on any atom is 0.410 e. The fourth-order valence-corrected chi connectivity index (χ4v) is 3.07. The molecule has 1 heterocycles. The van der Waals surface area contributed by atoms with Crippen molar-refractivity contribution in [3.8, 4) is 0 Å². The van der Waals surface area contributed by atoms with Gasteiger partial charge in [-0.25, -0.2) is 9.18 Å². The Balaban J connectivity index is 1.37. The number of likely N-dealkylation sites (tertiary alicyclic amines) is 1. The Morgan fingerprint density at radius 3 is 2.37 bits per heavy atom. The minimum absolute atomic E-state index is 0.209. The summed E-state index contributed by atoms with van der Waals surface area (Å²) in [5, 5.41) is 2.88. The zero-order valence-electron chi connectivity index (χ0n) is 15.1. The van der Waals surface area contributed by atoms with Crippen LogP contribution >= 0.6 is 0 Å². The molecule has 0 unspecified atom stereocenters. The molecular formula is C21H23FN2O3. The second-order valence-corrected chi connectivity index (χ2v) is 6.69. The molecule has 0 aromatic heterocycles. The normalized spacial score (nSPS) is 14.6. The van der Waals surface area contributed by atoms with E-state index in [0.717, 1.165) is 18.4 Å². The minimum Gasteiger partial charge on any atom is -0.445 e. The summed E-state index contributed by atoms with van der Waals surface area (Å²) < 4.78 is 18.3. The Kier molecular flexibility index (Phi) is 6.41. The molecule has 0 radical (unpaired) electrons. The summed E-state index contributed by atoms with van der Waals surface area (Å²) in [6.07, 6.45) is 1.32. The molecule has 0 saturated carbocycles. The molecule has 27 heavy (non-hydrogen) atoms. The lowest BCUT2D eigenvalue weighted by atomic mass is 9.97. The third-order valence-corrected chi connectivity index (χ3v) is 4.74. The summed E-state index contributed by atoms with van der Waals surface area (Å²) in [6, 6.07) is 15.1. The van der Waals surface area contributed by atoms with Crippen molar-refractivity contribution in [2.75, 3.05) is 19.6 Å². The SMILES string of the molecule is O=C(NCC1CCN(C(=O)OCc2ccccc2)CC1)c1ccc(F)cc1. The Bertz CT molecular complexity index is 757. The lowest BCUT2D eigenvalue weighted by Crippen LogP contribution is -2.41. The van der Waals surface area contributed by atoms with E-state index in [1.807, 2.05) is 30.3 Å². The van der Waals surface area contributed by atoms with Gasteiger partial charge in [0.25, 0.3) is 5.91 Å². The molecular weight excluding hydrogens is 347 g/mol. The van der Waals surface area contributed by atoms with E-state index >= 15 is 0 Å². The van der Waals surface area contributed by atoms with Crippen LogP contribution in [0.4, 0.5) is 9.18 Å². The van der Waals surface area contributed by atoms with Gasteiger partial charge >= 0.3 is 6.09 Å². The molecule has 1 N–H and O–H groups in total. The van der Waals surface area contributed by atoms with Crippen LogP contribution in [-0.2, 0) is 11.3 Å². The molecule has 142 valence electrons. The van der Waals surface area contributed by atoms with Crippen LogP contribution in [-0.4, -0.2) is 36.5 Å². The van der Waals surface area contributed by atoms with E-state index in [4.69, 9.17) is 4.74 Å². The minimum atomic E-state index is -0.363. The summed E-state index contributed by atoms with van der Waals surface area (Å²) >= 11 is 0. The first kappa shape index (κ1) is 18.9. The van der Waals surface area contributed by atoms with Crippen molar-refractivity contribution in [2.24, 2.45) is 5.92 Å². The van der Waals surface area contributed by atoms with Crippen molar-refractivity contribution < 1.29 is 18.7 Å². The molecule has 0 spiro atoms. The quantitative estimate of drug-likeness (QED) is 0.875. The number of ether oxygens (including phenoxy) is 1. The zero-order chi connectivity index (χ0) is 19.1. The van der Waals surface area contributed by atoms with Crippen molar-refractivity contribution in [1.29, 1.82) is 0 Å². The number of carbonyl (C=O) groups excluding carboxylic acids is 2. The highest BCUT2D eigenvalue weighted by Gasteiger charge is 2.24. The van der Waals surface area contributed by atoms with Crippen molar-refractivity contribution >= 4 is 12.0 Å². The smallest absolute Gasteiger partial charge is 0.410 e. The van der Waals surface area contributed by atoms with Gasteiger partial charge in [0.1, 0.15) is 12.4 Å². The Hall–Kier alpha value is -2.89. The van der Waals surface area contributed by atoms with Crippen LogP contribution in [0.5, 0.6) is 0 Å². The number of piperidine rings is 1. The number of nitrogens with zero attached hydrogens (tertiary/aromatic N) is 1. The third kappa shape index (κ3) is 5.54. The topological polar surface area (TPSA) is 58.6 Å². The van der Waals surface area contributed by atoms with Gasteiger partial charge in [-0.3, -0.25) is 4.79 Å². The molecule has 2 aromatic rings. The molecule has 1 fully saturated rings. The summed E-state index contributed by atoms with van der Waals surface area (Å²) in [5.41, 5.74) is 1.41.